The van der Waals surface area contributed by atoms with Crippen LogP contribution in [0.2, 0.25) is 10.0 Å². The standard InChI is InChI=1S/C8H7Cl2NO2/c9-5-2-1-3-6(10)8(5)13-7(12)4-11/h1-3H,4,11H2. The first kappa shape index (κ1) is 10.3. The third-order valence-electron chi connectivity index (χ3n) is 1.30. The average Bonchev–Trinajstić information content (AvgIpc) is 2.11. The summed E-state index contributed by atoms with van der Waals surface area (Å²) in [5.41, 5.74) is 5.06. The quantitative estimate of drug-likeness (QED) is 0.611. The second-order valence-electron chi connectivity index (χ2n) is 2.23. The second-order valence-corrected chi connectivity index (χ2v) is 3.04. The third kappa shape index (κ3) is 2.59. The number of esters is 1. The Morgan fingerprint density at radius 1 is 1.38 bits per heavy atom. The van der Waals surface area contributed by atoms with Gasteiger partial charge in [-0.05, 0) is 12.1 Å². The van der Waals surface area contributed by atoms with E-state index in [0.717, 1.165) is 0 Å². The zero-order valence-electron chi connectivity index (χ0n) is 6.59. The minimum atomic E-state index is -0.574. The lowest BCUT2D eigenvalue weighted by Crippen LogP contribution is -2.19. The number of rotatable bonds is 2. The molecule has 1 aromatic carbocycles. The summed E-state index contributed by atoms with van der Waals surface area (Å²) in [5, 5.41) is 0.573. The molecule has 0 spiro atoms. The van der Waals surface area contributed by atoms with Crippen LogP contribution in [-0.2, 0) is 4.79 Å². The summed E-state index contributed by atoms with van der Waals surface area (Å²) in [5.74, 6) is -0.420. The van der Waals surface area contributed by atoms with Gasteiger partial charge in [0.15, 0.2) is 5.75 Å². The SMILES string of the molecule is NCC(=O)Oc1c(Cl)cccc1Cl. The van der Waals surface area contributed by atoms with E-state index in [1.54, 1.807) is 18.2 Å². The number of carbonyl (C=O) groups excluding carboxylic acids is 1. The van der Waals surface area contributed by atoms with Crippen LogP contribution in [0.4, 0.5) is 0 Å². The lowest BCUT2D eigenvalue weighted by molar-refractivity contribution is -0.132. The largest absolute Gasteiger partial charge is 0.422 e. The van der Waals surface area contributed by atoms with Crippen molar-refractivity contribution in [2.45, 2.75) is 0 Å². The lowest BCUT2D eigenvalue weighted by atomic mass is 10.3. The van der Waals surface area contributed by atoms with Crippen molar-refractivity contribution in [2.75, 3.05) is 6.54 Å². The van der Waals surface area contributed by atoms with Crippen molar-refractivity contribution >= 4 is 29.2 Å². The maximum Gasteiger partial charge on any atom is 0.325 e. The Bertz CT molecular complexity index is 308. The van der Waals surface area contributed by atoms with Crippen molar-refractivity contribution in [3.8, 4) is 5.75 Å². The van der Waals surface area contributed by atoms with E-state index < -0.39 is 5.97 Å². The predicted molar refractivity (Wildman–Crippen MR) is 51.2 cm³/mol. The molecule has 0 bridgehead atoms. The first-order valence-electron chi connectivity index (χ1n) is 3.50. The average molecular weight is 220 g/mol. The van der Waals surface area contributed by atoms with Crippen molar-refractivity contribution in [3.05, 3.63) is 28.2 Å². The number of ether oxygens (including phenoxy) is 1. The van der Waals surface area contributed by atoms with Gasteiger partial charge in [-0.15, -0.1) is 0 Å². The summed E-state index contributed by atoms with van der Waals surface area (Å²) in [6.45, 7) is -0.207. The maximum absolute atomic E-state index is 10.8. The van der Waals surface area contributed by atoms with Gasteiger partial charge in [-0.25, -0.2) is 0 Å². The number of carbonyl (C=O) groups is 1. The smallest absolute Gasteiger partial charge is 0.325 e. The van der Waals surface area contributed by atoms with Crippen molar-refractivity contribution in [1.82, 2.24) is 0 Å². The zero-order valence-corrected chi connectivity index (χ0v) is 8.10. The van der Waals surface area contributed by atoms with Crippen LogP contribution in [0, 0.1) is 0 Å². The van der Waals surface area contributed by atoms with E-state index in [-0.39, 0.29) is 22.3 Å². The molecule has 0 radical (unpaired) electrons. The Morgan fingerprint density at radius 3 is 2.38 bits per heavy atom. The monoisotopic (exact) mass is 219 g/mol. The summed E-state index contributed by atoms with van der Waals surface area (Å²) >= 11 is 11.5. The van der Waals surface area contributed by atoms with E-state index in [0.29, 0.717) is 0 Å². The molecule has 1 aromatic rings. The predicted octanol–water partition coefficient (Wildman–Crippen LogP) is 1.86. The lowest BCUT2D eigenvalue weighted by Gasteiger charge is -2.05. The van der Waals surface area contributed by atoms with E-state index in [1.807, 2.05) is 0 Å². The molecule has 3 nitrogen and oxygen atoms in total. The Morgan fingerprint density at radius 2 is 1.92 bits per heavy atom. The molecule has 0 saturated heterocycles. The van der Waals surface area contributed by atoms with Gasteiger partial charge >= 0.3 is 5.97 Å². The molecule has 0 aromatic heterocycles. The second kappa shape index (κ2) is 4.46. The number of hydrogen-bond acceptors (Lipinski definition) is 3. The van der Waals surface area contributed by atoms with Gasteiger partial charge in [0.25, 0.3) is 0 Å². The first-order chi connectivity index (χ1) is 6.15. The summed E-state index contributed by atoms with van der Waals surface area (Å²) < 4.78 is 4.80. The summed E-state index contributed by atoms with van der Waals surface area (Å²) in [6, 6.07) is 4.81. The molecule has 13 heavy (non-hydrogen) atoms. The number of halogens is 2. The van der Waals surface area contributed by atoms with Gasteiger partial charge in [0.2, 0.25) is 0 Å². The molecule has 0 fully saturated rings. The van der Waals surface area contributed by atoms with Crippen LogP contribution in [0.3, 0.4) is 0 Å². The first-order valence-corrected chi connectivity index (χ1v) is 4.25. The molecule has 0 amide bonds. The molecule has 0 unspecified atom stereocenters. The molecule has 2 N–H and O–H groups in total. The zero-order chi connectivity index (χ0) is 9.84. The number of hydrogen-bond donors (Lipinski definition) is 1. The van der Waals surface area contributed by atoms with Crippen LogP contribution in [0.15, 0.2) is 18.2 Å². The van der Waals surface area contributed by atoms with Gasteiger partial charge in [-0.3, -0.25) is 4.79 Å². The van der Waals surface area contributed by atoms with Gasteiger partial charge in [0.05, 0.1) is 16.6 Å². The molecule has 1 rings (SSSR count). The molecule has 70 valence electrons. The molecule has 0 aliphatic rings. The van der Waals surface area contributed by atoms with Gasteiger partial charge in [-0.2, -0.15) is 0 Å². The molecule has 0 heterocycles. The summed E-state index contributed by atoms with van der Waals surface area (Å²) in [4.78, 5) is 10.8. The molecule has 5 heteroatoms. The molecule has 0 saturated carbocycles. The van der Waals surface area contributed by atoms with Crippen molar-refractivity contribution < 1.29 is 9.53 Å². The normalized spacial score (nSPS) is 9.77. The van der Waals surface area contributed by atoms with Crippen LogP contribution >= 0.6 is 23.2 Å². The van der Waals surface area contributed by atoms with Gasteiger partial charge in [-0.1, -0.05) is 29.3 Å². The Labute approximate surface area is 85.4 Å². The fourth-order valence-electron chi connectivity index (χ4n) is 0.736. The van der Waals surface area contributed by atoms with E-state index in [9.17, 15) is 4.79 Å². The van der Waals surface area contributed by atoms with Gasteiger partial charge < -0.3 is 10.5 Å². The molecular formula is C8H7Cl2NO2. The van der Waals surface area contributed by atoms with Crippen molar-refractivity contribution in [1.29, 1.82) is 0 Å². The molecule has 0 atom stereocenters. The minimum absolute atomic E-state index is 0.154. The van der Waals surface area contributed by atoms with Crippen molar-refractivity contribution in [3.63, 3.8) is 0 Å². The van der Waals surface area contributed by atoms with E-state index >= 15 is 0 Å². The van der Waals surface area contributed by atoms with E-state index in [1.165, 1.54) is 0 Å². The maximum atomic E-state index is 10.8. The Balaban J connectivity index is 2.93. The van der Waals surface area contributed by atoms with Gasteiger partial charge in [0.1, 0.15) is 0 Å². The van der Waals surface area contributed by atoms with Crippen molar-refractivity contribution in [2.24, 2.45) is 5.73 Å². The van der Waals surface area contributed by atoms with Crippen LogP contribution < -0.4 is 10.5 Å². The van der Waals surface area contributed by atoms with Gasteiger partial charge in [0, 0.05) is 0 Å². The van der Waals surface area contributed by atoms with Crippen LogP contribution in [0.1, 0.15) is 0 Å². The fraction of sp³-hybridized carbons (Fsp3) is 0.125. The highest BCUT2D eigenvalue weighted by Crippen LogP contribution is 2.32. The fourth-order valence-corrected chi connectivity index (χ4v) is 1.21. The molecule has 0 aliphatic heterocycles. The number of nitrogens with two attached hydrogens (primary N) is 1. The van der Waals surface area contributed by atoms with E-state index in [4.69, 9.17) is 33.7 Å². The highest BCUT2D eigenvalue weighted by atomic mass is 35.5. The molecular weight excluding hydrogens is 213 g/mol. The summed E-state index contributed by atoms with van der Waals surface area (Å²) in [7, 11) is 0. The van der Waals surface area contributed by atoms with Crippen LogP contribution in [0.25, 0.3) is 0 Å². The Hall–Kier alpha value is -0.770. The molecule has 0 aliphatic carbocycles. The van der Waals surface area contributed by atoms with Crippen LogP contribution in [0.5, 0.6) is 5.75 Å². The minimum Gasteiger partial charge on any atom is -0.422 e. The highest BCUT2D eigenvalue weighted by molar-refractivity contribution is 6.37. The summed E-state index contributed by atoms with van der Waals surface area (Å²) in [6.07, 6.45) is 0. The van der Waals surface area contributed by atoms with E-state index in [2.05, 4.69) is 0 Å². The third-order valence-corrected chi connectivity index (χ3v) is 1.90. The number of benzene rings is 1. The van der Waals surface area contributed by atoms with Crippen LogP contribution in [-0.4, -0.2) is 12.5 Å². The topological polar surface area (TPSA) is 52.3 Å². The number of para-hydroxylation sites is 1. The highest BCUT2D eigenvalue weighted by Gasteiger charge is 2.09. The Kier molecular flexibility index (Phi) is 3.54.